The molecule has 0 aliphatic heterocycles. The molecule has 0 spiro atoms. The van der Waals surface area contributed by atoms with Crippen molar-refractivity contribution in [3.8, 4) is 0 Å². The fourth-order valence-electron chi connectivity index (χ4n) is 1.43. The van der Waals surface area contributed by atoms with Crippen LogP contribution in [-0.4, -0.2) is 17.4 Å². The van der Waals surface area contributed by atoms with Gasteiger partial charge in [-0.25, -0.2) is 4.39 Å². The molecule has 0 fully saturated rings. The number of nitrogens with two attached hydrogens (primary N) is 1. The van der Waals surface area contributed by atoms with Crippen LogP contribution < -0.4 is 5.73 Å². The lowest BCUT2D eigenvalue weighted by atomic mass is 10.1. The highest BCUT2D eigenvalue weighted by Crippen LogP contribution is 2.55. The molecule has 0 heterocycles. The first-order chi connectivity index (χ1) is 8.79. The predicted octanol–water partition coefficient (Wildman–Crippen LogP) is 4.77. The maximum Gasteiger partial charge on any atom is 0.441 e. The molecule has 1 nitrogen and oxygen atoms in total. The fraction of sp³-hybridized carbons (Fsp3) is 0.455. The van der Waals surface area contributed by atoms with Crippen molar-refractivity contribution in [2.24, 2.45) is 0 Å². The zero-order valence-electron chi connectivity index (χ0n) is 10.3. The maximum absolute atomic E-state index is 13.5. The average Bonchev–Trinajstić information content (AvgIpc) is 2.22. The van der Waals surface area contributed by atoms with Crippen molar-refractivity contribution >= 4 is 17.4 Å². The molecule has 0 amide bonds. The Morgan fingerprint density at radius 3 is 1.50 bits per heavy atom. The van der Waals surface area contributed by atoms with E-state index >= 15 is 0 Å². The average molecular weight is 321 g/mol. The molecule has 1 aromatic rings. The van der Waals surface area contributed by atoms with E-state index in [1.54, 1.807) is 0 Å². The smallest absolute Gasteiger partial charge is 0.398 e. The molecule has 0 bridgehead atoms. The van der Waals surface area contributed by atoms with E-state index in [0.717, 1.165) is 12.1 Å². The fourth-order valence-corrected chi connectivity index (χ4v) is 2.46. The minimum absolute atomic E-state index is 0.234. The predicted molar refractivity (Wildman–Crippen MR) is 62.1 cm³/mol. The van der Waals surface area contributed by atoms with Gasteiger partial charge in [0.15, 0.2) is 0 Å². The normalized spacial score (nSPS) is 13.7. The molecule has 9 heteroatoms. The van der Waals surface area contributed by atoms with Crippen LogP contribution in [0.15, 0.2) is 17.0 Å². The van der Waals surface area contributed by atoms with Gasteiger partial charge in [0.2, 0.25) is 0 Å². The minimum atomic E-state index is -6.08. The van der Waals surface area contributed by atoms with Gasteiger partial charge in [0.1, 0.15) is 0 Å². The highest BCUT2D eigenvalue weighted by Gasteiger charge is 2.73. The van der Waals surface area contributed by atoms with Crippen LogP contribution in [0.3, 0.4) is 0 Å². The third-order valence-corrected chi connectivity index (χ3v) is 3.77. The first-order valence-electron chi connectivity index (χ1n) is 5.17. The van der Waals surface area contributed by atoms with Gasteiger partial charge in [-0.2, -0.15) is 26.3 Å². The second-order valence-corrected chi connectivity index (χ2v) is 5.40. The first kappa shape index (κ1) is 16.9. The summed E-state index contributed by atoms with van der Waals surface area (Å²) in [5.74, 6) is 0. The van der Waals surface area contributed by atoms with Gasteiger partial charge in [0.05, 0.1) is 0 Å². The Morgan fingerprint density at radius 1 is 0.850 bits per heavy atom. The van der Waals surface area contributed by atoms with Crippen LogP contribution in [0.2, 0.25) is 0 Å². The largest absolute Gasteiger partial charge is 0.441 e. The number of aryl methyl sites for hydroxylation is 2. The van der Waals surface area contributed by atoms with E-state index in [0.29, 0.717) is 0 Å². The van der Waals surface area contributed by atoms with Crippen molar-refractivity contribution in [3.63, 3.8) is 0 Å². The summed E-state index contributed by atoms with van der Waals surface area (Å²) in [6.07, 6.45) is -12.2. The van der Waals surface area contributed by atoms with Crippen LogP contribution in [0.1, 0.15) is 11.1 Å². The molecule has 0 radical (unpaired) electrons. The molecular weight excluding hydrogens is 311 g/mol. The lowest BCUT2D eigenvalue weighted by Crippen LogP contribution is -2.50. The van der Waals surface area contributed by atoms with Crippen molar-refractivity contribution in [1.82, 2.24) is 0 Å². The van der Waals surface area contributed by atoms with Crippen LogP contribution in [0, 0.1) is 13.8 Å². The molecule has 0 aliphatic carbocycles. The lowest BCUT2D eigenvalue weighted by Gasteiger charge is -2.29. The zero-order valence-corrected chi connectivity index (χ0v) is 11.1. The number of halogens is 7. The van der Waals surface area contributed by atoms with E-state index in [4.69, 9.17) is 5.73 Å². The Bertz CT molecular complexity index is 469. The molecule has 1 aromatic carbocycles. The molecule has 0 atom stereocenters. The Labute approximate surface area is 114 Å². The number of rotatable bonds is 2. The van der Waals surface area contributed by atoms with Gasteiger partial charge in [-0.1, -0.05) is 11.8 Å². The number of benzene rings is 1. The third-order valence-electron chi connectivity index (χ3n) is 2.55. The lowest BCUT2D eigenvalue weighted by molar-refractivity contribution is -0.302. The molecule has 0 aliphatic rings. The van der Waals surface area contributed by atoms with Crippen molar-refractivity contribution in [1.29, 1.82) is 0 Å². The van der Waals surface area contributed by atoms with Crippen LogP contribution in [-0.2, 0) is 0 Å². The van der Waals surface area contributed by atoms with Crippen molar-refractivity contribution < 1.29 is 30.7 Å². The summed E-state index contributed by atoms with van der Waals surface area (Å²) in [4.78, 5) is -0.494. The van der Waals surface area contributed by atoms with Crippen molar-refractivity contribution in [2.45, 2.75) is 36.1 Å². The number of hydrogen-bond acceptors (Lipinski definition) is 2. The number of hydrogen-bond donors (Lipinski definition) is 1. The van der Waals surface area contributed by atoms with Gasteiger partial charge < -0.3 is 5.73 Å². The summed E-state index contributed by atoms with van der Waals surface area (Å²) < 4.78 is 88.1. The van der Waals surface area contributed by atoms with Gasteiger partial charge in [-0.15, -0.1) is 0 Å². The number of anilines is 1. The highest BCUT2D eigenvalue weighted by atomic mass is 32.2. The number of nitrogen functional groups attached to an aromatic ring is 1. The Morgan fingerprint density at radius 2 is 1.20 bits per heavy atom. The summed E-state index contributed by atoms with van der Waals surface area (Å²) in [6, 6.07) is 1.97. The molecule has 0 saturated carbocycles. The number of alkyl halides is 7. The topological polar surface area (TPSA) is 26.0 Å². The van der Waals surface area contributed by atoms with Crippen molar-refractivity contribution in [2.75, 3.05) is 5.73 Å². The summed E-state index contributed by atoms with van der Waals surface area (Å²) in [5.41, 5.74) is 6.33. The van der Waals surface area contributed by atoms with Gasteiger partial charge >= 0.3 is 17.4 Å². The quantitative estimate of drug-likeness (QED) is 0.482. The molecule has 0 saturated heterocycles. The highest BCUT2D eigenvalue weighted by molar-refractivity contribution is 8.00. The molecule has 20 heavy (non-hydrogen) atoms. The Kier molecular flexibility index (Phi) is 4.24. The molecule has 1 rings (SSSR count). The van der Waals surface area contributed by atoms with Gasteiger partial charge in [-0.3, -0.25) is 0 Å². The number of thioether (sulfide) groups is 1. The first-order valence-corrected chi connectivity index (χ1v) is 5.99. The Balaban J connectivity index is 3.29. The second-order valence-electron chi connectivity index (χ2n) is 4.16. The van der Waals surface area contributed by atoms with E-state index in [1.165, 1.54) is 13.8 Å². The third kappa shape index (κ3) is 2.97. The van der Waals surface area contributed by atoms with E-state index in [2.05, 4.69) is 0 Å². The molecular formula is C11H10F7NS. The van der Waals surface area contributed by atoms with Crippen molar-refractivity contribution in [3.05, 3.63) is 23.3 Å². The monoisotopic (exact) mass is 321 g/mol. The van der Waals surface area contributed by atoms with Gasteiger partial charge in [0, 0.05) is 10.6 Å². The van der Waals surface area contributed by atoms with Crippen LogP contribution in [0.25, 0.3) is 0 Å². The molecule has 2 N–H and O–H groups in total. The summed E-state index contributed by atoms with van der Waals surface area (Å²) >= 11 is -0.930. The maximum atomic E-state index is 13.5. The van der Waals surface area contributed by atoms with Gasteiger partial charge in [-0.05, 0) is 37.1 Å². The van der Waals surface area contributed by atoms with Crippen LogP contribution in [0.4, 0.5) is 36.4 Å². The summed E-state index contributed by atoms with van der Waals surface area (Å²) in [6.45, 7) is 2.82. The van der Waals surface area contributed by atoms with E-state index in [-0.39, 0.29) is 16.8 Å². The van der Waals surface area contributed by atoms with E-state index in [1.807, 2.05) is 0 Å². The van der Waals surface area contributed by atoms with Crippen LogP contribution >= 0.6 is 11.8 Å². The zero-order chi connectivity index (χ0) is 15.9. The second kappa shape index (κ2) is 5.01. The summed E-state index contributed by atoms with van der Waals surface area (Å²) in [5, 5.41) is -5.37. The standard InChI is InChI=1S/C11H10F7NS/c1-5-3-7(4-6(2)8(5)19)20-9(12,10(13,14)15)11(16,17)18/h3-4H,19H2,1-2H3. The SMILES string of the molecule is Cc1cc(SC(F)(C(F)(F)F)C(F)(F)F)cc(C)c1N. The Hall–Kier alpha value is -1.12. The molecule has 114 valence electrons. The van der Waals surface area contributed by atoms with Crippen LogP contribution in [0.5, 0.6) is 0 Å². The van der Waals surface area contributed by atoms with E-state index in [9.17, 15) is 30.7 Å². The molecule has 0 aromatic heterocycles. The summed E-state index contributed by atoms with van der Waals surface area (Å²) in [7, 11) is 0. The molecule has 0 unspecified atom stereocenters. The minimum Gasteiger partial charge on any atom is -0.398 e. The van der Waals surface area contributed by atoms with E-state index < -0.39 is 34.0 Å². The van der Waals surface area contributed by atoms with Gasteiger partial charge in [0.25, 0.3) is 0 Å².